The predicted molar refractivity (Wildman–Crippen MR) is 401 cm³/mol. The number of nitrogens with one attached hydrogen (secondary N) is 4. The van der Waals surface area contributed by atoms with Crippen LogP contribution in [0.3, 0.4) is 0 Å². The van der Waals surface area contributed by atoms with Gasteiger partial charge in [-0.25, -0.2) is 0 Å². The van der Waals surface area contributed by atoms with E-state index in [1.54, 1.807) is 0 Å². The fourth-order valence-corrected chi connectivity index (χ4v) is 17.1. The van der Waals surface area contributed by atoms with E-state index >= 15 is 0 Å². The Bertz CT molecular complexity index is 3570. The number of hydrogen-bond donors (Lipinski definition) is 33. The van der Waals surface area contributed by atoms with Crippen LogP contribution in [-0.2, 0) is 119 Å². The van der Waals surface area contributed by atoms with Crippen LogP contribution in [0, 0.1) is 0 Å². The third-order valence-corrected chi connectivity index (χ3v) is 24.2. The van der Waals surface area contributed by atoms with Gasteiger partial charge < -0.3 is 269 Å². The molecule has 0 unspecified atom stereocenters. The standard InChI is InChI=1S/C73H122N4O54/c1-16-35(91)45(101)51(107)68(113-16)127-58-34(77-20(5)89)63(110)114-29(13-85)57(58)126-64-31(74-17(2)86)44(100)56(28(12-84)119-64)125-73-62(131-67-50(106)36(92)21(90)14-111-67)59(128-72-61(49(105)40(96)25(9-81)118-72)130-66-33(76-19(4)88)43(99)55(27(11-83)121-66)124-70-53(109)47(103)38(94)23(7-79)116-70)41(97)30(122-73)15-112-71-60(48(104)39(95)24(8-80)117-71)129-65-32(75-18(3)87)42(98)54(26(10-82)120-65)123-69-52(108)46(102)37(93)22(6-78)115-69/h16,21-73,78-85,90-110H,6-15H2,1-5H3,(H,74,86)(H,75,87)(H,76,88)(H,77,89)/t16-,21-,22-,23-,24-,25-,26-,27-,28-,29-,30-,31-,32-,33-,34-,35+,36+,37+,38+,39-,40-,41-,42-,43-,44-,45+,46+,47+,48+,49+,50-,51-,52-,53-,54-,55-,56-,57-,58-,59+,60+,61+,62+,63-,64+,65+,66+,67+,68-,69+,70+,71+,72-,73+/m1/s1. The van der Waals surface area contributed by atoms with E-state index in [2.05, 4.69) is 21.3 Å². The molecule has 0 radical (unpaired) electrons. The van der Waals surface area contributed by atoms with Crippen molar-refractivity contribution in [3.05, 3.63) is 0 Å². The van der Waals surface area contributed by atoms with Crippen LogP contribution in [0.4, 0.5) is 0 Å². The lowest BCUT2D eigenvalue weighted by Crippen LogP contribution is -2.72. The van der Waals surface area contributed by atoms with E-state index in [4.69, 9.17) is 99.5 Å². The Morgan fingerprint density at radius 2 is 0.534 bits per heavy atom. The maximum atomic E-state index is 13.6. The average Bonchev–Trinajstić information content (AvgIpc) is 0.793. The Morgan fingerprint density at radius 3 is 0.947 bits per heavy atom. The van der Waals surface area contributed by atoms with Crippen LogP contribution in [0.25, 0.3) is 0 Å². The maximum Gasteiger partial charge on any atom is 0.217 e. The van der Waals surface area contributed by atoms with Crippen molar-refractivity contribution in [2.24, 2.45) is 0 Å². The van der Waals surface area contributed by atoms with Crippen LogP contribution in [0.2, 0.25) is 0 Å². The number of aliphatic hydroxyl groups excluding tert-OH is 29. The lowest BCUT2D eigenvalue weighted by Gasteiger charge is -2.52. The summed E-state index contributed by atoms with van der Waals surface area (Å²) in [6.45, 7) is -6.62. The summed E-state index contributed by atoms with van der Waals surface area (Å²) in [5.41, 5.74) is 0. The van der Waals surface area contributed by atoms with Crippen LogP contribution in [0.15, 0.2) is 0 Å². The molecule has 11 rings (SSSR count). The molecule has 0 bridgehead atoms. The molecule has 58 nitrogen and oxygen atoms in total. The molecule has 0 saturated carbocycles. The molecular weight excluding hydrogens is 1800 g/mol. The summed E-state index contributed by atoms with van der Waals surface area (Å²) < 4.78 is 127. The second kappa shape index (κ2) is 46.8. The third kappa shape index (κ3) is 23.6. The molecule has 54 atom stereocenters. The molecule has 0 spiro atoms. The summed E-state index contributed by atoms with van der Waals surface area (Å²) >= 11 is 0. The summed E-state index contributed by atoms with van der Waals surface area (Å²) in [6, 6.07) is -7.98. The van der Waals surface area contributed by atoms with E-state index in [9.17, 15) is 167 Å². The minimum absolute atomic E-state index is 0.890. The van der Waals surface area contributed by atoms with E-state index < -0.39 is 421 Å². The smallest absolute Gasteiger partial charge is 0.217 e. The van der Waals surface area contributed by atoms with Gasteiger partial charge in [0.2, 0.25) is 23.6 Å². The Labute approximate surface area is 741 Å². The van der Waals surface area contributed by atoms with Gasteiger partial charge in [-0.15, -0.1) is 0 Å². The van der Waals surface area contributed by atoms with Crippen molar-refractivity contribution in [3.8, 4) is 0 Å². The second-order valence-corrected chi connectivity index (χ2v) is 33.3. The van der Waals surface area contributed by atoms with Gasteiger partial charge >= 0.3 is 0 Å². The summed E-state index contributed by atoms with van der Waals surface area (Å²) in [5, 5.41) is 335. The SMILES string of the molecule is CC(=O)N[C@@H]1[C@@H](O[C@H]2O[C@H](C)[C@H](O)[C@H](O)[C@H]2O)[C@H](O[C@@H]2O[C@H](CO)[C@@H](O[C@@H]3O[C@H](CO[C@H]4O[C@H](CO)[C@@H](O)[C@H](O)[C@@H]4O[C@@H]4O[C@H](CO)[C@@H](O[C@@H]5O[C@H](CO)[C@H](O)[C@H](O)[C@H]5O)[C@H](O)[C@H]4NC(C)=O)[C@@H](O)[C@H](O[C@H]4O[C@H](CO)[C@@H](O)[C@H](O)[C@@H]4O[C@@H]4O[C@H](CO)[C@@H](O[C@@H]5O[C@H](CO)[C@H](O)[C@H](O)[C@H]5O)[C@H](O)[C@H]4NC(C)=O)[C@@H]3O[C@@H]3OC[C@@H](O)[C@H](O)[C@H]3O)[C@H](O)[C@H]2NC(C)=O)[C@@H](CO)O[C@H]1O. The van der Waals surface area contributed by atoms with Gasteiger partial charge in [0.25, 0.3) is 0 Å². The molecule has 11 heterocycles. The normalized spacial score (nSPS) is 50.1. The van der Waals surface area contributed by atoms with Gasteiger partial charge in [0.1, 0.15) is 256 Å². The molecule has 0 aliphatic carbocycles. The first-order valence-electron chi connectivity index (χ1n) is 41.9. The largest absolute Gasteiger partial charge is 0.394 e. The lowest BCUT2D eigenvalue weighted by molar-refractivity contribution is -0.413. The van der Waals surface area contributed by atoms with Crippen molar-refractivity contribution in [3.63, 3.8) is 0 Å². The number of ether oxygens (including phenoxy) is 21. The number of carbonyl (C=O) groups is 4. The minimum atomic E-state index is -2.65. The van der Waals surface area contributed by atoms with E-state index in [1.807, 2.05) is 0 Å². The van der Waals surface area contributed by atoms with Gasteiger partial charge in [-0.2, -0.15) is 0 Å². The van der Waals surface area contributed by atoms with Gasteiger partial charge in [0.15, 0.2) is 69.2 Å². The first-order chi connectivity index (χ1) is 62.0. The second-order valence-electron chi connectivity index (χ2n) is 33.3. The number of hydrogen-bond acceptors (Lipinski definition) is 54. The van der Waals surface area contributed by atoms with Crippen LogP contribution in [0.5, 0.6) is 0 Å². The number of aliphatic hydroxyl groups is 29. The minimum Gasteiger partial charge on any atom is -0.394 e. The van der Waals surface area contributed by atoms with Crippen molar-refractivity contribution < 1.29 is 267 Å². The van der Waals surface area contributed by atoms with Crippen LogP contribution < -0.4 is 21.3 Å². The molecule has 33 N–H and O–H groups in total. The van der Waals surface area contributed by atoms with Gasteiger partial charge in [-0.1, -0.05) is 0 Å². The molecule has 0 aromatic heterocycles. The molecule has 11 fully saturated rings. The summed E-state index contributed by atoms with van der Waals surface area (Å²) in [5.74, 6) is -3.93. The quantitative estimate of drug-likeness (QED) is 0.0290. The fourth-order valence-electron chi connectivity index (χ4n) is 17.1. The summed E-state index contributed by atoms with van der Waals surface area (Å²) in [6.07, 6.45) is -108. The molecular formula is C73H122N4O54. The van der Waals surface area contributed by atoms with Crippen LogP contribution >= 0.6 is 0 Å². The first kappa shape index (κ1) is 107. The van der Waals surface area contributed by atoms with E-state index in [-0.39, 0.29) is 0 Å². The first-order valence-corrected chi connectivity index (χ1v) is 41.9. The zero-order valence-electron chi connectivity index (χ0n) is 70.4. The van der Waals surface area contributed by atoms with Crippen molar-refractivity contribution >= 4 is 23.6 Å². The Morgan fingerprint density at radius 1 is 0.244 bits per heavy atom. The fraction of sp³-hybridized carbons (Fsp3) is 0.945. The zero-order chi connectivity index (χ0) is 96.2. The average molecular weight is 1920 g/mol. The Hall–Kier alpha value is -4.12. The lowest BCUT2D eigenvalue weighted by atomic mass is 9.93. The van der Waals surface area contributed by atoms with Crippen molar-refractivity contribution in [1.29, 1.82) is 0 Å². The van der Waals surface area contributed by atoms with Crippen molar-refractivity contribution in [2.75, 3.05) is 66.1 Å². The van der Waals surface area contributed by atoms with Crippen LogP contribution in [-0.4, -0.2) is 569 Å². The molecule has 0 aromatic carbocycles. The number of amides is 4. The van der Waals surface area contributed by atoms with Crippen LogP contribution in [0.1, 0.15) is 34.6 Å². The topological polar surface area (TPSA) is 897 Å². The van der Waals surface area contributed by atoms with Gasteiger partial charge in [-0.3, -0.25) is 19.2 Å². The monoisotopic (exact) mass is 1920 g/mol. The summed E-state index contributed by atoms with van der Waals surface area (Å²) in [7, 11) is 0. The molecule has 131 heavy (non-hydrogen) atoms. The third-order valence-electron chi connectivity index (χ3n) is 24.2. The highest BCUT2D eigenvalue weighted by molar-refractivity contribution is 5.74. The highest BCUT2D eigenvalue weighted by Gasteiger charge is 2.63. The van der Waals surface area contributed by atoms with Gasteiger partial charge in [0, 0.05) is 27.7 Å². The van der Waals surface area contributed by atoms with E-state index in [0.29, 0.717) is 0 Å². The van der Waals surface area contributed by atoms with E-state index in [1.165, 1.54) is 6.92 Å². The Kier molecular flexibility index (Phi) is 38.3. The van der Waals surface area contributed by atoms with Crippen molar-refractivity contribution in [1.82, 2.24) is 21.3 Å². The molecule has 58 heteroatoms. The van der Waals surface area contributed by atoms with Gasteiger partial charge in [-0.05, 0) is 6.92 Å². The molecule has 11 aliphatic rings. The highest BCUT2D eigenvalue weighted by atomic mass is 16.8. The van der Waals surface area contributed by atoms with Crippen molar-refractivity contribution in [2.45, 2.75) is 366 Å². The molecule has 4 amide bonds. The highest BCUT2D eigenvalue weighted by Crippen LogP contribution is 2.43. The predicted octanol–water partition coefficient (Wildman–Crippen LogP) is -22.7. The zero-order valence-corrected chi connectivity index (χ0v) is 70.4. The Balaban J connectivity index is 0.992. The molecule has 11 saturated heterocycles. The van der Waals surface area contributed by atoms with Gasteiger partial charge in [0.05, 0.1) is 72.2 Å². The number of carbonyl (C=O) groups excluding carboxylic acids is 4. The maximum absolute atomic E-state index is 13.6. The number of rotatable bonds is 33. The summed E-state index contributed by atoms with van der Waals surface area (Å²) in [4.78, 5) is 52.7. The molecule has 0 aromatic rings. The molecule has 11 aliphatic heterocycles. The molecule has 758 valence electrons. The van der Waals surface area contributed by atoms with E-state index in [0.717, 1.165) is 27.7 Å².